The standard InChI is InChI=1S/C16H11BrClNO2S/c17-12-8-13(18)10-14(9-12)22(20,21)19-16-7-3-5-11-4-1-2-6-15(11)16/h1-10,19H. The maximum absolute atomic E-state index is 12.6. The van der Waals surface area contributed by atoms with Crippen LogP contribution in [0.3, 0.4) is 0 Å². The molecule has 0 saturated carbocycles. The number of sulfonamides is 1. The molecule has 1 N–H and O–H groups in total. The molecule has 0 radical (unpaired) electrons. The Hall–Kier alpha value is -1.56. The lowest BCUT2D eigenvalue weighted by Gasteiger charge is -2.11. The number of hydrogen-bond acceptors (Lipinski definition) is 2. The van der Waals surface area contributed by atoms with E-state index in [9.17, 15) is 8.42 Å². The van der Waals surface area contributed by atoms with Gasteiger partial charge >= 0.3 is 0 Å². The predicted octanol–water partition coefficient (Wildman–Crippen LogP) is 5.06. The molecule has 6 heteroatoms. The summed E-state index contributed by atoms with van der Waals surface area (Å²) in [6.45, 7) is 0. The van der Waals surface area contributed by atoms with Gasteiger partial charge in [0.1, 0.15) is 0 Å². The van der Waals surface area contributed by atoms with Gasteiger partial charge in [0.15, 0.2) is 0 Å². The topological polar surface area (TPSA) is 46.2 Å². The zero-order valence-corrected chi connectivity index (χ0v) is 14.4. The van der Waals surface area contributed by atoms with E-state index in [0.29, 0.717) is 15.2 Å². The van der Waals surface area contributed by atoms with Crippen molar-refractivity contribution in [1.82, 2.24) is 0 Å². The molecule has 0 atom stereocenters. The number of hydrogen-bond donors (Lipinski definition) is 1. The van der Waals surface area contributed by atoms with Crippen LogP contribution in [0, 0.1) is 0 Å². The van der Waals surface area contributed by atoms with Crippen LogP contribution >= 0.6 is 27.5 Å². The lowest BCUT2D eigenvalue weighted by molar-refractivity contribution is 0.601. The number of nitrogens with one attached hydrogen (secondary N) is 1. The van der Waals surface area contributed by atoms with Crippen LogP contribution in [-0.2, 0) is 10.0 Å². The second-order valence-corrected chi connectivity index (χ2v) is 7.77. The van der Waals surface area contributed by atoms with Crippen LogP contribution in [0.4, 0.5) is 5.69 Å². The van der Waals surface area contributed by atoms with Gasteiger partial charge < -0.3 is 0 Å². The SMILES string of the molecule is O=S(=O)(Nc1cccc2ccccc12)c1cc(Cl)cc(Br)c1. The highest BCUT2D eigenvalue weighted by Gasteiger charge is 2.16. The molecule has 0 spiro atoms. The highest BCUT2D eigenvalue weighted by atomic mass is 79.9. The highest BCUT2D eigenvalue weighted by molar-refractivity contribution is 9.10. The minimum atomic E-state index is -3.71. The van der Waals surface area contributed by atoms with Crippen molar-refractivity contribution in [1.29, 1.82) is 0 Å². The third-order valence-electron chi connectivity index (χ3n) is 3.18. The summed E-state index contributed by atoms with van der Waals surface area (Å²) < 4.78 is 28.4. The van der Waals surface area contributed by atoms with Crippen LogP contribution in [0.25, 0.3) is 10.8 Å². The molecule has 0 aromatic heterocycles. The van der Waals surface area contributed by atoms with Crippen molar-refractivity contribution in [3.63, 3.8) is 0 Å². The molecule has 0 unspecified atom stereocenters. The van der Waals surface area contributed by atoms with Crippen LogP contribution in [0.15, 0.2) is 70.0 Å². The fourth-order valence-electron chi connectivity index (χ4n) is 2.20. The third kappa shape index (κ3) is 3.11. The molecule has 3 nitrogen and oxygen atoms in total. The zero-order chi connectivity index (χ0) is 15.7. The Kier molecular flexibility index (Phi) is 4.12. The quantitative estimate of drug-likeness (QED) is 0.673. The molecule has 0 aliphatic rings. The smallest absolute Gasteiger partial charge is 0.262 e. The van der Waals surface area contributed by atoms with E-state index in [0.717, 1.165) is 10.8 Å². The van der Waals surface area contributed by atoms with Gasteiger partial charge in [-0.1, -0.05) is 63.9 Å². The largest absolute Gasteiger partial charge is 0.279 e. The van der Waals surface area contributed by atoms with Gasteiger partial charge in [-0.05, 0) is 29.7 Å². The van der Waals surface area contributed by atoms with E-state index >= 15 is 0 Å². The molecule has 22 heavy (non-hydrogen) atoms. The molecular weight excluding hydrogens is 386 g/mol. The monoisotopic (exact) mass is 395 g/mol. The van der Waals surface area contributed by atoms with Gasteiger partial charge in [0.25, 0.3) is 10.0 Å². The maximum Gasteiger partial charge on any atom is 0.262 e. The summed E-state index contributed by atoms with van der Waals surface area (Å²) in [6.07, 6.45) is 0. The minimum Gasteiger partial charge on any atom is -0.279 e. The summed E-state index contributed by atoms with van der Waals surface area (Å²) in [5.41, 5.74) is 0.536. The second-order valence-electron chi connectivity index (χ2n) is 4.74. The predicted molar refractivity (Wildman–Crippen MR) is 93.9 cm³/mol. The van der Waals surface area contributed by atoms with Crippen LogP contribution in [0.5, 0.6) is 0 Å². The van der Waals surface area contributed by atoms with Gasteiger partial charge in [0, 0.05) is 14.9 Å². The van der Waals surface area contributed by atoms with Gasteiger partial charge in [-0.15, -0.1) is 0 Å². The normalized spacial score (nSPS) is 11.5. The average molecular weight is 397 g/mol. The Balaban J connectivity index is 2.07. The Morgan fingerprint density at radius 3 is 2.45 bits per heavy atom. The molecule has 0 fully saturated rings. The van der Waals surface area contributed by atoms with Crippen molar-refractivity contribution >= 4 is 54.0 Å². The Bertz CT molecular complexity index is 932. The van der Waals surface area contributed by atoms with E-state index in [1.54, 1.807) is 12.1 Å². The fourth-order valence-corrected chi connectivity index (χ4v) is 4.43. The Labute approximate surface area is 142 Å². The number of fused-ring (bicyclic) bond motifs is 1. The summed E-state index contributed by atoms with van der Waals surface area (Å²) >= 11 is 9.19. The van der Waals surface area contributed by atoms with E-state index < -0.39 is 10.0 Å². The molecule has 0 amide bonds. The molecule has 0 saturated heterocycles. The molecule has 112 valence electrons. The number of anilines is 1. The first-order chi connectivity index (χ1) is 10.5. The van der Waals surface area contributed by atoms with Crippen LogP contribution in [0.1, 0.15) is 0 Å². The van der Waals surface area contributed by atoms with E-state index in [1.807, 2.05) is 36.4 Å². The average Bonchev–Trinajstić information content (AvgIpc) is 2.46. The van der Waals surface area contributed by atoms with Crippen molar-refractivity contribution in [3.8, 4) is 0 Å². The first-order valence-electron chi connectivity index (χ1n) is 6.42. The van der Waals surface area contributed by atoms with Crippen molar-refractivity contribution in [3.05, 3.63) is 70.2 Å². The van der Waals surface area contributed by atoms with Gasteiger partial charge in [0.05, 0.1) is 10.6 Å². The summed E-state index contributed by atoms with van der Waals surface area (Å²) in [4.78, 5) is 0.111. The van der Waals surface area contributed by atoms with E-state index in [2.05, 4.69) is 20.7 Å². The number of halogens is 2. The van der Waals surface area contributed by atoms with Crippen LogP contribution < -0.4 is 4.72 Å². The fraction of sp³-hybridized carbons (Fsp3) is 0. The molecule has 3 rings (SSSR count). The number of benzene rings is 3. The first kappa shape index (κ1) is 15.3. The number of rotatable bonds is 3. The third-order valence-corrected chi connectivity index (χ3v) is 5.20. The molecule has 0 heterocycles. The van der Waals surface area contributed by atoms with Crippen LogP contribution in [0.2, 0.25) is 5.02 Å². The Morgan fingerprint density at radius 1 is 0.955 bits per heavy atom. The van der Waals surface area contributed by atoms with Gasteiger partial charge in [-0.2, -0.15) is 0 Å². The lowest BCUT2D eigenvalue weighted by Crippen LogP contribution is -2.13. The first-order valence-corrected chi connectivity index (χ1v) is 9.08. The van der Waals surface area contributed by atoms with Crippen LogP contribution in [-0.4, -0.2) is 8.42 Å². The van der Waals surface area contributed by atoms with E-state index in [4.69, 9.17) is 11.6 Å². The second kappa shape index (κ2) is 5.91. The zero-order valence-electron chi connectivity index (χ0n) is 11.3. The van der Waals surface area contributed by atoms with E-state index in [1.165, 1.54) is 12.1 Å². The maximum atomic E-state index is 12.6. The van der Waals surface area contributed by atoms with Gasteiger partial charge in [-0.25, -0.2) is 8.42 Å². The lowest BCUT2D eigenvalue weighted by atomic mass is 10.1. The van der Waals surface area contributed by atoms with Crippen molar-refractivity contribution in [2.45, 2.75) is 4.90 Å². The Morgan fingerprint density at radius 2 is 1.68 bits per heavy atom. The van der Waals surface area contributed by atoms with Gasteiger partial charge in [-0.3, -0.25) is 4.72 Å². The molecule has 0 bridgehead atoms. The molecule has 0 aliphatic carbocycles. The highest BCUT2D eigenvalue weighted by Crippen LogP contribution is 2.28. The molecule has 3 aromatic carbocycles. The molecular formula is C16H11BrClNO2S. The molecule has 3 aromatic rings. The van der Waals surface area contributed by atoms with Gasteiger partial charge in [0.2, 0.25) is 0 Å². The summed E-state index contributed by atoms with van der Waals surface area (Å²) in [6, 6.07) is 17.6. The van der Waals surface area contributed by atoms with Crippen molar-refractivity contribution in [2.75, 3.05) is 4.72 Å². The van der Waals surface area contributed by atoms with E-state index in [-0.39, 0.29) is 4.90 Å². The van der Waals surface area contributed by atoms with Crippen molar-refractivity contribution < 1.29 is 8.42 Å². The summed E-state index contributed by atoms with van der Waals surface area (Å²) in [5, 5.41) is 2.16. The minimum absolute atomic E-state index is 0.111. The van der Waals surface area contributed by atoms with Crippen molar-refractivity contribution in [2.24, 2.45) is 0 Å². The summed E-state index contributed by atoms with van der Waals surface area (Å²) in [5.74, 6) is 0. The molecule has 0 aliphatic heterocycles. The summed E-state index contributed by atoms with van der Waals surface area (Å²) in [7, 11) is -3.71.